The van der Waals surface area contributed by atoms with Gasteiger partial charge >= 0.3 is 0 Å². The third-order valence-corrected chi connectivity index (χ3v) is 3.88. The van der Waals surface area contributed by atoms with Crippen molar-refractivity contribution >= 4 is 17.5 Å². The quantitative estimate of drug-likeness (QED) is 0.798. The molecule has 1 heterocycles. The van der Waals surface area contributed by atoms with E-state index in [0.29, 0.717) is 19.5 Å². The molecule has 1 aliphatic heterocycles. The third-order valence-electron chi connectivity index (χ3n) is 3.88. The van der Waals surface area contributed by atoms with Crippen LogP contribution >= 0.6 is 0 Å². The fraction of sp³-hybridized carbons (Fsp3) is 0.500. The molecule has 0 saturated carbocycles. The molecule has 0 unspecified atom stereocenters. The number of nitrogens with one attached hydrogen (secondary N) is 1. The predicted octanol–water partition coefficient (Wildman–Crippen LogP) is 1.11. The van der Waals surface area contributed by atoms with Crippen molar-refractivity contribution in [2.24, 2.45) is 5.92 Å². The van der Waals surface area contributed by atoms with Crippen LogP contribution in [0.5, 0.6) is 0 Å². The molecular weight excluding hydrogens is 266 g/mol. The van der Waals surface area contributed by atoms with Crippen LogP contribution in [0, 0.1) is 5.92 Å². The summed E-state index contributed by atoms with van der Waals surface area (Å²) in [6.07, 6.45) is 1.22. The number of hydrogen-bond acceptors (Lipinski definition) is 3. The van der Waals surface area contributed by atoms with Crippen molar-refractivity contribution in [3.05, 3.63) is 30.3 Å². The van der Waals surface area contributed by atoms with Crippen molar-refractivity contribution in [1.29, 1.82) is 0 Å². The maximum atomic E-state index is 11.9. The fourth-order valence-electron chi connectivity index (χ4n) is 2.52. The molecule has 114 valence electrons. The van der Waals surface area contributed by atoms with Gasteiger partial charge in [-0.2, -0.15) is 0 Å². The highest BCUT2D eigenvalue weighted by atomic mass is 16.2. The maximum Gasteiger partial charge on any atom is 0.225 e. The molecule has 2 rings (SSSR count). The average molecular weight is 289 g/mol. The topological polar surface area (TPSA) is 52.7 Å². The van der Waals surface area contributed by atoms with Gasteiger partial charge in [0, 0.05) is 45.8 Å². The molecule has 1 aliphatic rings. The van der Waals surface area contributed by atoms with Gasteiger partial charge in [-0.05, 0) is 18.6 Å². The van der Waals surface area contributed by atoms with Gasteiger partial charge in [0.1, 0.15) is 0 Å². The monoisotopic (exact) mass is 289 g/mol. The van der Waals surface area contributed by atoms with Crippen LogP contribution in [0.1, 0.15) is 12.8 Å². The largest absolute Gasteiger partial charge is 0.375 e. The second-order valence-electron chi connectivity index (χ2n) is 5.58. The lowest BCUT2D eigenvalue weighted by atomic mass is 10.1. The Morgan fingerprint density at radius 3 is 2.71 bits per heavy atom. The van der Waals surface area contributed by atoms with Crippen molar-refractivity contribution in [2.45, 2.75) is 12.8 Å². The van der Waals surface area contributed by atoms with Crippen LogP contribution in [0.2, 0.25) is 0 Å². The highest BCUT2D eigenvalue weighted by Crippen LogP contribution is 2.15. The van der Waals surface area contributed by atoms with Crippen LogP contribution in [-0.4, -0.2) is 50.4 Å². The molecule has 0 radical (unpaired) electrons. The molecule has 1 saturated heterocycles. The predicted molar refractivity (Wildman–Crippen MR) is 83.1 cm³/mol. The number of rotatable bonds is 6. The van der Waals surface area contributed by atoms with E-state index in [1.54, 1.807) is 11.9 Å². The van der Waals surface area contributed by atoms with Crippen LogP contribution in [0.4, 0.5) is 5.69 Å². The summed E-state index contributed by atoms with van der Waals surface area (Å²) in [5.74, 6) is -0.136. The van der Waals surface area contributed by atoms with E-state index in [1.165, 1.54) is 5.69 Å². The van der Waals surface area contributed by atoms with Crippen molar-refractivity contribution in [2.75, 3.05) is 38.6 Å². The Hall–Kier alpha value is -2.04. The third kappa shape index (κ3) is 4.21. The van der Waals surface area contributed by atoms with E-state index >= 15 is 0 Å². The van der Waals surface area contributed by atoms with E-state index in [2.05, 4.69) is 22.3 Å². The van der Waals surface area contributed by atoms with Gasteiger partial charge in [0.05, 0.1) is 5.92 Å². The van der Waals surface area contributed by atoms with Crippen LogP contribution in [0.3, 0.4) is 0 Å². The minimum absolute atomic E-state index is 0.00457. The van der Waals surface area contributed by atoms with E-state index in [1.807, 2.05) is 25.2 Å². The first-order chi connectivity index (χ1) is 10.1. The van der Waals surface area contributed by atoms with Crippen molar-refractivity contribution in [1.82, 2.24) is 10.2 Å². The zero-order chi connectivity index (χ0) is 15.2. The Morgan fingerprint density at radius 2 is 2.10 bits per heavy atom. The average Bonchev–Trinajstić information content (AvgIpc) is 2.84. The molecule has 1 aromatic rings. The van der Waals surface area contributed by atoms with Gasteiger partial charge < -0.3 is 15.1 Å². The Morgan fingerprint density at radius 1 is 1.38 bits per heavy atom. The first-order valence-electron chi connectivity index (χ1n) is 7.36. The van der Waals surface area contributed by atoms with E-state index in [-0.39, 0.29) is 17.7 Å². The summed E-state index contributed by atoms with van der Waals surface area (Å²) in [6.45, 7) is 2.06. The Kier molecular flexibility index (Phi) is 5.20. The van der Waals surface area contributed by atoms with Gasteiger partial charge in [-0.15, -0.1) is 0 Å². The second kappa shape index (κ2) is 7.11. The fourth-order valence-corrected chi connectivity index (χ4v) is 2.52. The van der Waals surface area contributed by atoms with E-state index in [4.69, 9.17) is 0 Å². The number of hydrogen-bond donors (Lipinski definition) is 1. The number of nitrogens with zero attached hydrogens (tertiary/aromatic N) is 2. The number of likely N-dealkylation sites (tertiary alicyclic amines) is 1. The summed E-state index contributed by atoms with van der Waals surface area (Å²) < 4.78 is 0. The van der Waals surface area contributed by atoms with Crippen LogP contribution < -0.4 is 10.2 Å². The molecule has 5 heteroatoms. The number of carbonyl (C=O) groups is 2. The number of anilines is 1. The van der Waals surface area contributed by atoms with Gasteiger partial charge in [-0.1, -0.05) is 18.2 Å². The smallest absolute Gasteiger partial charge is 0.225 e. The molecule has 1 atom stereocenters. The highest BCUT2D eigenvalue weighted by Gasteiger charge is 2.31. The molecular formula is C16H23N3O2. The molecule has 0 aromatic heterocycles. The molecule has 0 bridgehead atoms. The molecule has 5 nitrogen and oxygen atoms in total. The molecule has 2 amide bonds. The number of para-hydroxylation sites is 1. The second-order valence-corrected chi connectivity index (χ2v) is 5.58. The minimum atomic E-state index is -0.186. The number of benzene rings is 1. The zero-order valence-electron chi connectivity index (χ0n) is 12.7. The first kappa shape index (κ1) is 15.4. The zero-order valence-corrected chi connectivity index (χ0v) is 12.7. The van der Waals surface area contributed by atoms with Crippen LogP contribution in [0.15, 0.2) is 30.3 Å². The maximum absolute atomic E-state index is 11.9. The summed E-state index contributed by atoms with van der Waals surface area (Å²) in [6, 6.07) is 10.2. The van der Waals surface area contributed by atoms with Crippen molar-refractivity contribution < 1.29 is 9.59 Å². The molecule has 1 fully saturated rings. The molecule has 21 heavy (non-hydrogen) atoms. The van der Waals surface area contributed by atoms with Crippen LogP contribution in [-0.2, 0) is 9.59 Å². The summed E-state index contributed by atoms with van der Waals surface area (Å²) in [5.41, 5.74) is 1.17. The van der Waals surface area contributed by atoms with Gasteiger partial charge in [-0.3, -0.25) is 9.59 Å². The van der Waals surface area contributed by atoms with Gasteiger partial charge in [0.15, 0.2) is 0 Å². The number of amides is 2. The van der Waals surface area contributed by atoms with Crippen molar-refractivity contribution in [3.8, 4) is 0 Å². The molecule has 0 aliphatic carbocycles. The van der Waals surface area contributed by atoms with E-state index in [0.717, 1.165) is 13.0 Å². The summed E-state index contributed by atoms with van der Waals surface area (Å²) in [7, 11) is 3.78. The van der Waals surface area contributed by atoms with Gasteiger partial charge in [-0.25, -0.2) is 0 Å². The lowest BCUT2D eigenvalue weighted by Crippen LogP contribution is -2.34. The minimum Gasteiger partial charge on any atom is -0.375 e. The lowest BCUT2D eigenvalue weighted by Gasteiger charge is -2.19. The Balaban J connectivity index is 1.66. The Labute approximate surface area is 125 Å². The van der Waals surface area contributed by atoms with E-state index < -0.39 is 0 Å². The number of carbonyl (C=O) groups excluding carboxylic acids is 2. The standard InChI is InChI=1S/C16H23N3O2/c1-18(14-7-4-3-5-8-14)10-6-9-17-16(21)13-11-15(20)19(2)12-13/h3-5,7-8,13H,6,9-12H2,1-2H3,(H,17,21)/t13-/m1/s1. The summed E-state index contributed by atoms with van der Waals surface area (Å²) in [4.78, 5) is 27.1. The Bertz CT molecular complexity index is 490. The van der Waals surface area contributed by atoms with Gasteiger partial charge in [0.25, 0.3) is 0 Å². The SMILES string of the molecule is CN1C[C@H](C(=O)NCCCN(C)c2ccccc2)CC1=O. The van der Waals surface area contributed by atoms with Gasteiger partial charge in [0.2, 0.25) is 11.8 Å². The molecule has 0 spiro atoms. The highest BCUT2D eigenvalue weighted by molar-refractivity contribution is 5.89. The molecule has 1 aromatic carbocycles. The van der Waals surface area contributed by atoms with Crippen molar-refractivity contribution in [3.63, 3.8) is 0 Å². The summed E-state index contributed by atoms with van der Waals surface area (Å²) >= 11 is 0. The normalized spacial score (nSPS) is 17.9. The summed E-state index contributed by atoms with van der Waals surface area (Å²) in [5, 5.41) is 2.93. The van der Waals surface area contributed by atoms with Crippen LogP contribution in [0.25, 0.3) is 0 Å². The molecule has 1 N–H and O–H groups in total. The van der Waals surface area contributed by atoms with E-state index in [9.17, 15) is 9.59 Å². The first-order valence-corrected chi connectivity index (χ1v) is 7.36. The lowest BCUT2D eigenvalue weighted by molar-refractivity contribution is -0.128.